The predicted molar refractivity (Wildman–Crippen MR) is 72.5 cm³/mol. The molecule has 0 heterocycles. The molecule has 0 aliphatic heterocycles. The van der Waals surface area contributed by atoms with Crippen molar-refractivity contribution in [2.75, 3.05) is 26.7 Å². The van der Waals surface area contributed by atoms with Crippen molar-refractivity contribution in [3.63, 3.8) is 0 Å². The zero-order valence-electron chi connectivity index (χ0n) is 11.3. The molecule has 0 aliphatic carbocycles. The largest absolute Gasteiger partial charge is 0.492 e. The van der Waals surface area contributed by atoms with Crippen molar-refractivity contribution < 1.29 is 9.53 Å². The zero-order chi connectivity index (χ0) is 13.5. The third kappa shape index (κ3) is 4.37. The highest BCUT2D eigenvalue weighted by atomic mass is 16.5. The average molecular weight is 250 g/mol. The van der Waals surface area contributed by atoms with Crippen LogP contribution >= 0.6 is 0 Å². The van der Waals surface area contributed by atoms with Gasteiger partial charge in [-0.3, -0.25) is 4.79 Å². The van der Waals surface area contributed by atoms with Gasteiger partial charge in [0.2, 0.25) is 5.91 Å². The van der Waals surface area contributed by atoms with Gasteiger partial charge in [0, 0.05) is 19.5 Å². The van der Waals surface area contributed by atoms with E-state index in [1.54, 1.807) is 11.9 Å². The van der Waals surface area contributed by atoms with Crippen molar-refractivity contribution in [1.29, 1.82) is 0 Å². The maximum absolute atomic E-state index is 11.8. The van der Waals surface area contributed by atoms with Crippen molar-refractivity contribution in [1.82, 2.24) is 4.90 Å². The smallest absolute Gasteiger partial charge is 0.226 e. The maximum Gasteiger partial charge on any atom is 0.226 e. The van der Waals surface area contributed by atoms with E-state index >= 15 is 0 Å². The first-order chi connectivity index (χ1) is 8.54. The molecule has 0 saturated heterocycles. The van der Waals surface area contributed by atoms with Crippen LogP contribution in [0.25, 0.3) is 0 Å². The van der Waals surface area contributed by atoms with Crippen LogP contribution in [0.1, 0.15) is 12.5 Å². The van der Waals surface area contributed by atoms with E-state index in [9.17, 15) is 4.79 Å². The van der Waals surface area contributed by atoms with Crippen LogP contribution in [0.15, 0.2) is 24.3 Å². The molecule has 1 amide bonds. The van der Waals surface area contributed by atoms with Gasteiger partial charge >= 0.3 is 0 Å². The first-order valence-electron chi connectivity index (χ1n) is 6.19. The lowest BCUT2D eigenvalue weighted by Gasteiger charge is -2.20. The van der Waals surface area contributed by atoms with Crippen molar-refractivity contribution in [3.8, 4) is 5.75 Å². The molecule has 0 bridgehead atoms. The Kier molecular flexibility index (Phi) is 5.65. The molecule has 0 fully saturated rings. The van der Waals surface area contributed by atoms with Crippen LogP contribution < -0.4 is 10.5 Å². The standard InChI is InChI=1S/C14H22N2O2/c1-11-4-6-13(7-5-11)18-9-8-16(3)14(17)12(2)10-15/h4-7,12H,8-10,15H2,1-3H3. The van der Waals surface area contributed by atoms with Gasteiger partial charge in [-0.1, -0.05) is 24.6 Å². The number of nitrogens with zero attached hydrogens (tertiary/aromatic N) is 1. The Hall–Kier alpha value is -1.55. The molecule has 0 radical (unpaired) electrons. The summed E-state index contributed by atoms with van der Waals surface area (Å²) in [6.07, 6.45) is 0. The number of aryl methyl sites for hydroxylation is 1. The number of amides is 1. The number of carbonyl (C=O) groups is 1. The van der Waals surface area contributed by atoms with E-state index in [1.165, 1.54) is 5.56 Å². The van der Waals surface area contributed by atoms with E-state index in [0.717, 1.165) is 5.75 Å². The lowest BCUT2D eigenvalue weighted by Crippen LogP contribution is -2.37. The summed E-state index contributed by atoms with van der Waals surface area (Å²) in [5, 5.41) is 0. The van der Waals surface area contributed by atoms with Crippen LogP contribution in [0.5, 0.6) is 5.75 Å². The minimum atomic E-state index is -0.130. The van der Waals surface area contributed by atoms with Gasteiger partial charge in [0.25, 0.3) is 0 Å². The number of rotatable bonds is 6. The Bertz CT molecular complexity index is 376. The second kappa shape index (κ2) is 7.01. The van der Waals surface area contributed by atoms with Gasteiger partial charge in [0.1, 0.15) is 12.4 Å². The summed E-state index contributed by atoms with van der Waals surface area (Å²) in [5.41, 5.74) is 6.67. The minimum Gasteiger partial charge on any atom is -0.492 e. The molecule has 0 spiro atoms. The third-order valence-electron chi connectivity index (χ3n) is 2.87. The molecule has 1 rings (SSSR count). The van der Waals surface area contributed by atoms with E-state index in [1.807, 2.05) is 38.1 Å². The predicted octanol–water partition coefficient (Wildman–Crippen LogP) is 1.43. The van der Waals surface area contributed by atoms with Crippen molar-refractivity contribution in [2.45, 2.75) is 13.8 Å². The number of carbonyl (C=O) groups excluding carboxylic acids is 1. The molecule has 2 N–H and O–H groups in total. The number of likely N-dealkylation sites (N-methyl/N-ethyl adjacent to an activating group) is 1. The number of ether oxygens (including phenoxy) is 1. The molecule has 1 unspecified atom stereocenters. The zero-order valence-corrected chi connectivity index (χ0v) is 11.3. The Morgan fingerprint density at radius 1 is 1.39 bits per heavy atom. The van der Waals surface area contributed by atoms with Crippen molar-refractivity contribution >= 4 is 5.91 Å². The fourth-order valence-corrected chi connectivity index (χ4v) is 1.52. The molecule has 0 aliphatic rings. The molecule has 1 aromatic rings. The summed E-state index contributed by atoms with van der Waals surface area (Å²) in [4.78, 5) is 13.4. The first-order valence-corrected chi connectivity index (χ1v) is 6.19. The van der Waals surface area contributed by atoms with E-state index in [-0.39, 0.29) is 11.8 Å². The summed E-state index contributed by atoms with van der Waals surface area (Å²) >= 11 is 0. The second-order valence-electron chi connectivity index (χ2n) is 4.56. The molecule has 0 aromatic heterocycles. The molecule has 18 heavy (non-hydrogen) atoms. The van der Waals surface area contributed by atoms with Gasteiger partial charge in [0.05, 0.1) is 6.54 Å². The van der Waals surface area contributed by atoms with E-state index in [4.69, 9.17) is 10.5 Å². The lowest BCUT2D eigenvalue weighted by molar-refractivity contribution is -0.133. The molecule has 1 aromatic carbocycles. The summed E-state index contributed by atoms with van der Waals surface area (Å²) in [7, 11) is 1.77. The van der Waals surface area contributed by atoms with Crippen LogP contribution in [0.3, 0.4) is 0 Å². The SMILES string of the molecule is Cc1ccc(OCCN(C)C(=O)C(C)CN)cc1. The van der Waals surface area contributed by atoms with Gasteiger partial charge in [-0.25, -0.2) is 0 Å². The quantitative estimate of drug-likeness (QED) is 0.831. The summed E-state index contributed by atoms with van der Waals surface area (Å²) < 4.78 is 5.57. The van der Waals surface area contributed by atoms with Gasteiger partial charge in [-0.05, 0) is 19.1 Å². The summed E-state index contributed by atoms with van der Waals surface area (Å²) in [6.45, 7) is 5.30. The highest BCUT2D eigenvalue weighted by Gasteiger charge is 2.15. The molecular weight excluding hydrogens is 228 g/mol. The highest BCUT2D eigenvalue weighted by Crippen LogP contribution is 2.11. The summed E-state index contributed by atoms with van der Waals surface area (Å²) in [6, 6.07) is 7.86. The molecular formula is C14H22N2O2. The van der Waals surface area contributed by atoms with Gasteiger partial charge in [-0.15, -0.1) is 0 Å². The fraction of sp³-hybridized carbons (Fsp3) is 0.500. The Labute approximate surface area is 109 Å². The average Bonchev–Trinajstić information content (AvgIpc) is 2.39. The van der Waals surface area contributed by atoms with Gasteiger partial charge < -0.3 is 15.4 Å². The minimum absolute atomic E-state index is 0.0602. The second-order valence-corrected chi connectivity index (χ2v) is 4.56. The Balaban J connectivity index is 2.33. The van der Waals surface area contributed by atoms with Crippen LogP contribution in [0, 0.1) is 12.8 Å². The maximum atomic E-state index is 11.8. The lowest BCUT2D eigenvalue weighted by atomic mass is 10.1. The normalized spacial score (nSPS) is 12.0. The fourth-order valence-electron chi connectivity index (χ4n) is 1.52. The highest BCUT2D eigenvalue weighted by molar-refractivity contribution is 5.78. The van der Waals surface area contributed by atoms with Crippen molar-refractivity contribution in [3.05, 3.63) is 29.8 Å². The Morgan fingerprint density at radius 3 is 2.56 bits per heavy atom. The first kappa shape index (κ1) is 14.5. The molecule has 0 saturated carbocycles. The number of benzene rings is 1. The third-order valence-corrected chi connectivity index (χ3v) is 2.87. The van der Waals surface area contributed by atoms with E-state index < -0.39 is 0 Å². The topological polar surface area (TPSA) is 55.6 Å². The number of hydrogen-bond acceptors (Lipinski definition) is 3. The van der Waals surface area contributed by atoms with Crippen LogP contribution in [0.4, 0.5) is 0 Å². The number of nitrogens with two attached hydrogens (primary N) is 1. The molecule has 4 nitrogen and oxygen atoms in total. The van der Waals surface area contributed by atoms with Crippen LogP contribution in [0.2, 0.25) is 0 Å². The van der Waals surface area contributed by atoms with Crippen molar-refractivity contribution in [2.24, 2.45) is 11.7 Å². The molecule has 100 valence electrons. The van der Waals surface area contributed by atoms with Crippen LogP contribution in [-0.2, 0) is 4.79 Å². The summed E-state index contributed by atoms with van der Waals surface area (Å²) in [5.74, 6) is 0.757. The Morgan fingerprint density at radius 2 is 2.00 bits per heavy atom. The van der Waals surface area contributed by atoms with Gasteiger partial charge in [0.15, 0.2) is 0 Å². The van der Waals surface area contributed by atoms with Gasteiger partial charge in [-0.2, -0.15) is 0 Å². The molecule has 4 heteroatoms. The molecule has 1 atom stereocenters. The number of hydrogen-bond donors (Lipinski definition) is 1. The van der Waals surface area contributed by atoms with E-state index in [2.05, 4.69) is 0 Å². The van der Waals surface area contributed by atoms with E-state index in [0.29, 0.717) is 19.7 Å². The van der Waals surface area contributed by atoms with Crippen LogP contribution in [-0.4, -0.2) is 37.6 Å². The monoisotopic (exact) mass is 250 g/mol.